The van der Waals surface area contributed by atoms with Gasteiger partial charge in [-0.2, -0.15) is 0 Å². The van der Waals surface area contributed by atoms with Gasteiger partial charge in [0.05, 0.1) is 6.42 Å². The smallest absolute Gasteiger partial charge is 0.410 e. The van der Waals surface area contributed by atoms with E-state index < -0.39 is 11.6 Å². The summed E-state index contributed by atoms with van der Waals surface area (Å²) in [5.74, 6) is -0.127. The number of likely N-dealkylation sites (tertiary alicyclic amines) is 1. The Morgan fingerprint density at radius 2 is 1.75 bits per heavy atom. The molecule has 1 amide bonds. The maximum absolute atomic E-state index is 12.0. The first-order valence-corrected chi connectivity index (χ1v) is 8.18. The predicted octanol–water partition coefficient (Wildman–Crippen LogP) is 3.09. The van der Waals surface area contributed by atoms with E-state index >= 15 is 0 Å². The summed E-state index contributed by atoms with van der Waals surface area (Å²) in [5, 5.41) is 8.76. The molecule has 1 heterocycles. The van der Waals surface area contributed by atoms with Gasteiger partial charge in [-0.05, 0) is 38.5 Å². The van der Waals surface area contributed by atoms with Gasteiger partial charge in [0, 0.05) is 25.9 Å². The maximum Gasteiger partial charge on any atom is 0.410 e. The number of piperidine rings is 1. The highest BCUT2D eigenvalue weighted by Crippen LogP contribution is 2.21. The van der Waals surface area contributed by atoms with E-state index in [4.69, 9.17) is 14.6 Å². The van der Waals surface area contributed by atoms with Gasteiger partial charge in [0.25, 0.3) is 0 Å². The molecule has 0 aromatic heterocycles. The highest BCUT2D eigenvalue weighted by atomic mass is 16.6. The SMILES string of the molecule is CC(C)(C)OC(=O)N1CCC(Oc2ccc(CC(=O)O)cc2)CC1. The minimum atomic E-state index is -0.849. The van der Waals surface area contributed by atoms with Crippen molar-refractivity contribution in [3.05, 3.63) is 29.8 Å². The molecule has 1 saturated heterocycles. The van der Waals surface area contributed by atoms with Gasteiger partial charge < -0.3 is 19.5 Å². The number of hydrogen-bond acceptors (Lipinski definition) is 4. The van der Waals surface area contributed by atoms with Crippen molar-refractivity contribution in [2.24, 2.45) is 0 Å². The Morgan fingerprint density at radius 3 is 2.25 bits per heavy atom. The Hall–Kier alpha value is -2.24. The van der Waals surface area contributed by atoms with E-state index in [2.05, 4.69) is 0 Å². The molecule has 1 aromatic carbocycles. The van der Waals surface area contributed by atoms with Crippen molar-refractivity contribution in [2.75, 3.05) is 13.1 Å². The van der Waals surface area contributed by atoms with Gasteiger partial charge in [-0.15, -0.1) is 0 Å². The molecule has 6 heteroatoms. The summed E-state index contributed by atoms with van der Waals surface area (Å²) in [7, 11) is 0. The first-order valence-electron chi connectivity index (χ1n) is 8.18. The van der Waals surface area contributed by atoms with Crippen LogP contribution in [0.4, 0.5) is 4.79 Å². The Morgan fingerprint density at radius 1 is 1.17 bits per heavy atom. The lowest BCUT2D eigenvalue weighted by Crippen LogP contribution is -2.44. The summed E-state index contributed by atoms with van der Waals surface area (Å²) < 4.78 is 11.3. The van der Waals surface area contributed by atoms with Crippen LogP contribution in [0.3, 0.4) is 0 Å². The summed E-state index contributed by atoms with van der Waals surface area (Å²) in [4.78, 5) is 24.4. The molecule has 0 spiro atoms. The third-order valence-electron chi connectivity index (χ3n) is 3.68. The van der Waals surface area contributed by atoms with Crippen LogP contribution in [0.5, 0.6) is 5.75 Å². The van der Waals surface area contributed by atoms with Crippen LogP contribution < -0.4 is 4.74 Å². The van der Waals surface area contributed by atoms with Gasteiger partial charge in [0.2, 0.25) is 0 Å². The number of rotatable bonds is 4. The van der Waals surface area contributed by atoms with Crippen molar-refractivity contribution in [2.45, 2.75) is 51.7 Å². The van der Waals surface area contributed by atoms with Crippen LogP contribution >= 0.6 is 0 Å². The first kappa shape index (κ1) is 18.1. The van der Waals surface area contributed by atoms with Gasteiger partial charge in [-0.1, -0.05) is 12.1 Å². The lowest BCUT2D eigenvalue weighted by Gasteiger charge is -2.33. The number of carboxylic acids is 1. The second-order valence-corrected chi connectivity index (χ2v) is 7.00. The second kappa shape index (κ2) is 7.55. The Labute approximate surface area is 142 Å². The molecule has 2 rings (SSSR count). The van der Waals surface area contributed by atoms with E-state index in [-0.39, 0.29) is 18.6 Å². The summed E-state index contributed by atoms with van der Waals surface area (Å²) in [6.45, 7) is 6.78. The number of carbonyl (C=O) groups is 2. The third-order valence-corrected chi connectivity index (χ3v) is 3.68. The molecule has 1 aliphatic heterocycles. The fourth-order valence-corrected chi connectivity index (χ4v) is 2.54. The van der Waals surface area contributed by atoms with E-state index in [0.29, 0.717) is 13.1 Å². The maximum atomic E-state index is 12.0. The average Bonchev–Trinajstić information content (AvgIpc) is 2.48. The third kappa shape index (κ3) is 5.76. The zero-order valence-corrected chi connectivity index (χ0v) is 14.4. The molecule has 1 aliphatic rings. The van der Waals surface area contributed by atoms with Crippen molar-refractivity contribution in [1.82, 2.24) is 4.90 Å². The molecule has 24 heavy (non-hydrogen) atoms. The molecular formula is C18H25NO5. The van der Waals surface area contributed by atoms with Crippen molar-refractivity contribution in [1.29, 1.82) is 0 Å². The standard InChI is InChI=1S/C18H25NO5/c1-18(2,3)24-17(22)19-10-8-15(9-11-19)23-14-6-4-13(5-7-14)12-16(20)21/h4-7,15H,8-12H2,1-3H3,(H,20,21). The fourth-order valence-electron chi connectivity index (χ4n) is 2.54. The molecule has 6 nitrogen and oxygen atoms in total. The summed E-state index contributed by atoms with van der Waals surface area (Å²) in [6, 6.07) is 7.11. The number of benzene rings is 1. The van der Waals surface area contributed by atoms with E-state index in [9.17, 15) is 9.59 Å². The van der Waals surface area contributed by atoms with Gasteiger partial charge >= 0.3 is 12.1 Å². The van der Waals surface area contributed by atoms with E-state index in [1.165, 1.54) is 0 Å². The summed E-state index contributed by atoms with van der Waals surface area (Å²) in [5.41, 5.74) is 0.261. The van der Waals surface area contributed by atoms with Crippen LogP contribution in [0.1, 0.15) is 39.2 Å². The topological polar surface area (TPSA) is 76.1 Å². The molecule has 1 fully saturated rings. The minimum Gasteiger partial charge on any atom is -0.490 e. The molecule has 0 radical (unpaired) electrons. The molecule has 1 N–H and O–H groups in total. The normalized spacial score (nSPS) is 15.9. The molecule has 0 aliphatic carbocycles. The first-order chi connectivity index (χ1) is 11.2. The van der Waals surface area contributed by atoms with Crippen LogP contribution in [0.15, 0.2) is 24.3 Å². The zero-order valence-electron chi connectivity index (χ0n) is 14.4. The number of carboxylic acid groups (broad SMARTS) is 1. The van der Waals surface area contributed by atoms with Crippen LogP contribution in [-0.4, -0.2) is 46.9 Å². The molecule has 0 bridgehead atoms. The highest BCUT2D eigenvalue weighted by molar-refractivity contribution is 5.70. The van der Waals surface area contributed by atoms with Crippen molar-refractivity contribution < 1.29 is 24.2 Å². The number of amides is 1. The molecule has 1 aromatic rings. The molecule has 0 saturated carbocycles. The van der Waals surface area contributed by atoms with Gasteiger partial charge in [-0.3, -0.25) is 4.79 Å². The Bertz CT molecular complexity index is 568. The van der Waals surface area contributed by atoms with Crippen LogP contribution in [-0.2, 0) is 16.0 Å². The van der Waals surface area contributed by atoms with E-state index in [0.717, 1.165) is 24.2 Å². The molecule has 0 unspecified atom stereocenters. The minimum absolute atomic E-state index is 0.00849. The number of ether oxygens (including phenoxy) is 2. The number of carbonyl (C=O) groups excluding carboxylic acids is 1. The Balaban J connectivity index is 1.80. The largest absolute Gasteiger partial charge is 0.490 e. The lowest BCUT2D eigenvalue weighted by molar-refractivity contribution is -0.136. The van der Waals surface area contributed by atoms with Gasteiger partial charge in [0.15, 0.2) is 0 Å². The number of nitrogens with zero attached hydrogens (tertiary/aromatic N) is 1. The molecule has 132 valence electrons. The summed E-state index contributed by atoms with van der Waals surface area (Å²) >= 11 is 0. The van der Waals surface area contributed by atoms with Gasteiger partial charge in [-0.25, -0.2) is 4.79 Å². The average molecular weight is 335 g/mol. The quantitative estimate of drug-likeness (QED) is 0.915. The summed E-state index contributed by atoms with van der Waals surface area (Å²) in [6.07, 6.45) is 1.27. The Kier molecular flexibility index (Phi) is 5.70. The van der Waals surface area contributed by atoms with Crippen molar-refractivity contribution in [3.8, 4) is 5.75 Å². The second-order valence-electron chi connectivity index (χ2n) is 7.00. The molecule has 0 atom stereocenters. The lowest BCUT2D eigenvalue weighted by atomic mass is 10.1. The number of aliphatic carboxylic acids is 1. The highest BCUT2D eigenvalue weighted by Gasteiger charge is 2.27. The van der Waals surface area contributed by atoms with E-state index in [1.807, 2.05) is 20.8 Å². The predicted molar refractivity (Wildman–Crippen MR) is 89.2 cm³/mol. The number of hydrogen-bond donors (Lipinski definition) is 1. The van der Waals surface area contributed by atoms with Crippen LogP contribution in [0.25, 0.3) is 0 Å². The zero-order chi connectivity index (χ0) is 17.7. The van der Waals surface area contributed by atoms with E-state index in [1.54, 1.807) is 29.2 Å². The van der Waals surface area contributed by atoms with Crippen molar-refractivity contribution in [3.63, 3.8) is 0 Å². The van der Waals surface area contributed by atoms with Crippen LogP contribution in [0.2, 0.25) is 0 Å². The fraction of sp³-hybridized carbons (Fsp3) is 0.556. The van der Waals surface area contributed by atoms with Gasteiger partial charge in [0.1, 0.15) is 17.5 Å². The molecular weight excluding hydrogens is 310 g/mol. The monoisotopic (exact) mass is 335 g/mol. The van der Waals surface area contributed by atoms with Crippen LogP contribution in [0, 0.1) is 0 Å². The van der Waals surface area contributed by atoms with Crippen molar-refractivity contribution >= 4 is 12.1 Å².